The Morgan fingerprint density at radius 3 is 2.93 bits per heavy atom. The Kier molecular flexibility index (Phi) is 4.20. The van der Waals surface area contributed by atoms with E-state index in [0.29, 0.717) is 5.56 Å². The highest BCUT2D eigenvalue weighted by atomic mass is 16.3. The van der Waals surface area contributed by atoms with Gasteiger partial charge in [-0.25, -0.2) is 0 Å². The molecule has 1 aromatic rings. The van der Waals surface area contributed by atoms with Crippen molar-refractivity contribution in [1.82, 2.24) is 10.3 Å². The van der Waals surface area contributed by atoms with Gasteiger partial charge in [0.2, 0.25) is 0 Å². The van der Waals surface area contributed by atoms with Gasteiger partial charge in [0, 0.05) is 18.9 Å². The lowest BCUT2D eigenvalue weighted by atomic mass is 10.2. The maximum atomic E-state index is 11.5. The SMILES string of the molecule is Cc1cncc(C(=O)NCC(O)CO)c1. The Morgan fingerprint density at radius 1 is 1.60 bits per heavy atom. The number of hydrogen-bond acceptors (Lipinski definition) is 4. The molecule has 1 rings (SSSR count). The lowest BCUT2D eigenvalue weighted by Crippen LogP contribution is -2.33. The summed E-state index contributed by atoms with van der Waals surface area (Å²) >= 11 is 0. The quantitative estimate of drug-likeness (QED) is 0.624. The smallest absolute Gasteiger partial charge is 0.252 e. The van der Waals surface area contributed by atoms with Crippen molar-refractivity contribution in [2.45, 2.75) is 13.0 Å². The van der Waals surface area contributed by atoms with E-state index in [1.54, 1.807) is 12.3 Å². The number of carbonyl (C=O) groups excluding carboxylic acids is 1. The van der Waals surface area contributed by atoms with Crippen molar-refractivity contribution < 1.29 is 15.0 Å². The van der Waals surface area contributed by atoms with E-state index >= 15 is 0 Å². The fraction of sp³-hybridized carbons (Fsp3) is 0.400. The largest absolute Gasteiger partial charge is 0.394 e. The topological polar surface area (TPSA) is 82.5 Å². The number of amides is 1. The molecule has 0 saturated carbocycles. The van der Waals surface area contributed by atoms with Crippen molar-refractivity contribution in [2.24, 2.45) is 0 Å². The minimum atomic E-state index is -0.924. The molecule has 15 heavy (non-hydrogen) atoms. The second-order valence-electron chi connectivity index (χ2n) is 3.30. The van der Waals surface area contributed by atoms with E-state index in [4.69, 9.17) is 10.2 Å². The fourth-order valence-corrected chi connectivity index (χ4v) is 1.06. The number of pyridine rings is 1. The van der Waals surface area contributed by atoms with Gasteiger partial charge < -0.3 is 15.5 Å². The molecule has 1 atom stereocenters. The van der Waals surface area contributed by atoms with E-state index in [9.17, 15) is 4.79 Å². The first-order chi connectivity index (χ1) is 7.13. The zero-order chi connectivity index (χ0) is 11.3. The van der Waals surface area contributed by atoms with Crippen molar-refractivity contribution in [3.8, 4) is 0 Å². The highest BCUT2D eigenvalue weighted by molar-refractivity contribution is 5.93. The van der Waals surface area contributed by atoms with Crippen LogP contribution in [0.15, 0.2) is 18.5 Å². The standard InChI is InChI=1S/C10H14N2O3/c1-7-2-8(4-11-3-7)10(15)12-5-9(14)6-13/h2-4,9,13-14H,5-6H2,1H3,(H,12,15). The average Bonchev–Trinajstić information content (AvgIpc) is 2.25. The van der Waals surface area contributed by atoms with Crippen LogP contribution in [0.1, 0.15) is 15.9 Å². The third-order valence-corrected chi connectivity index (χ3v) is 1.85. The van der Waals surface area contributed by atoms with Crippen LogP contribution in [0.4, 0.5) is 0 Å². The molecule has 0 aromatic carbocycles. The van der Waals surface area contributed by atoms with Gasteiger partial charge in [-0.3, -0.25) is 9.78 Å². The van der Waals surface area contributed by atoms with Gasteiger partial charge >= 0.3 is 0 Å². The Morgan fingerprint density at radius 2 is 2.33 bits per heavy atom. The summed E-state index contributed by atoms with van der Waals surface area (Å²) in [6.07, 6.45) is 2.18. The fourth-order valence-electron chi connectivity index (χ4n) is 1.06. The van der Waals surface area contributed by atoms with Gasteiger partial charge in [0.25, 0.3) is 5.91 Å². The number of carbonyl (C=O) groups is 1. The summed E-state index contributed by atoms with van der Waals surface area (Å²) in [5.41, 5.74) is 1.34. The van der Waals surface area contributed by atoms with Gasteiger partial charge in [0.15, 0.2) is 0 Å². The monoisotopic (exact) mass is 210 g/mol. The second kappa shape index (κ2) is 5.43. The van der Waals surface area contributed by atoms with Crippen molar-refractivity contribution in [3.63, 3.8) is 0 Å². The van der Waals surface area contributed by atoms with Gasteiger partial charge in [-0.2, -0.15) is 0 Å². The number of aryl methyl sites for hydroxylation is 1. The second-order valence-corrected chi connectivity index (χ2v) is 3.30. The van der Waals surface area contributed by atoms with E-state index in [1.807, 2.05) is 6.92 Å². The van der Waals surface area contributed by atoms with E-state index in [0.717, 1.165) is 5.56 Å². The molecule has 0 fully saturated rings. The van der Waals surface area contributed by atoms with E-state index in [2.05, 4.69) is 10.3 Å². The first-order valence-corrected chi connectivity index (χ1v) is 4.62. The van der Waals surface area contributed by atoms with E-state index in [-0.39, 0.29) is 19.1 Å². The van der Waals surface area contributed by atoms with Crippen LogP contribution in [0.2, 0.25) is 0 Å². The summed E-state index contributed by atoms with van der Waals surface area (Å²) in [5.74, 6) is -0.307. The summed E-state index contributed by atoms with van der Waals surface area (Å²) < 4.78 is 0. The number of rotatable bonds is 4. The van der Waals surface area contributed by atoms with Gasteiger partial charge in [-0.1, -0.05) is 0 Å². The van der Waals surface area contributed by atoms with Crippen molar-refractivity contribution in [3.05, 3.63) is 29.6 Å². The average molecular weight is 210 g/mol. The summed E-state index contributed by atoms with van der Waals surface area (Å²) in [5, 5.41) is 20.1. The molecule has 0 aliphatic rings. The molecule has 5 heteroatoms. The predicted octanol–water partition coefficient (Wildman–Crippen LogP) is -0.527. The van der Waals surface area contributed by atoms with Crippen LogP contribution in [0.25, 0.3) is 0 Å². The number of aliphatic hydroxyl groups excluding tert-OH is 2. The molecule has 1 amide bonds. The summed E-state index contributed by atoms with van der Waals surface area (Å²) in [6.45, 7) is 1.50. The molecule has 0 saturated heterocycles. The zero-order valence-electron chi connectivity index (χ0n) is 8.47. The van der Waals surface area contributed by atoms with Crippen LogP contribution < -0.4 is 5.32 Å². The van der Waals surface area contributed by atoms with Crippen LogP contribution >= 0.6 is 0 Å². The molecule has 0 aliphatic carbocycles. The lowest BCUT2D eigenvalue weighted by molar-refractivity contribution is 0.0801. The zero-order valence-corrected chi connectivity index (χ0v) is 8.47. The van der Waals surface area contributed by atoms with Crippen LogP contribution in [0, 0.1) is 6.92 Å². The van der Waals surface area contributed by atoms with Gasteiger partial charge in [0.05, 0.1) is 18.3 Å². The number of aromatic nitrogens is 1. The highest BCUT2D eigenvalue weighted by Gasteiger charge is 2.08. The summed E-state index contributed by atoms with van der Waals surface area (Å²) in [4.78, 5) is 15.4. The van der Waals surface area contributed by atoms with Crippen LogP contribution in [-0.2, 0) is 0 Å². The van der Waals surface area contributed by atoms with Crippen LogP contribution in [-0.4, -0.2) is 40.4 Å². The highest BCUT2D eigenvalue weighted by Crippen LogP contribution is 2.00. The Balaban J connectivity index is 2.54. The van der Waals surface area contributed by atoms with Crippen LogP contribution in [0.3, 0.4) is 0 Å². The van der Waals surface area contributed by atoms with Crippen molar-refractivity contribution in [2.75, 3.05) is 13.2 Å². The molecular weight excluding hydrogens is 196 g/mol. The number of nitrogens with zero attached hydrogens (tertiary/aromatic N) is 1. The first-order valence-electron chi connectivity index (χ1n) is 4.62. The molecule has 82 valence electrons. The number of aliphatic hydroxyl groups is 2. The molecule has 0 bridgehead atoms. The number of nitrogens with one attached hydrogen (secondary N) is 1. The Hall–Kier alpha value is -1.46. The van der Waals surface area contributed by atoms with Gasteiger partial charge in [-0.05, 0) is 18.6 Å². The maximum absolute atomic E-state index is 11.5. The van der Waals surface area contributed by atoms with Gasteiger partial charge in [0.1, 0.15) is 0 Å². The van der Waals surface area contributed by atoms with E-state index < -0.39 is 6.10 Å². The molecule has 0 radical (unpaired) electrons. The first kappa shape index (κ1) is 11.6. The molecule has 5 nitrogen and oxygen atoms in total. The van der Waals surface area contributed by atoms with Crippen LogP contribution in [0.5, 0.6) is 0 Å². The molecule has 0 aliphatic heterocycles. The summed E-state index contributed by atoms with van der Waals surface area (Å²) in [6, 6.07) is 1.70. The Labute approximate surface area is 87.8 Å². The molecule has 0 spiro atoms. The molecule has 3 N–H and O–H groups in total. The normalized spacial score (nSPS) is 12.2. The summed E-state index contributed by atoms with van der Waals surface area (Å²) in [7, 11) is 0. The predicted molar refractivity (Wildman–Crippen MR) is 54.4 cm³/mol. The van der Waals surface area contributed by atoms with Crippen molar-refractivity contribution >= 4 is 5.91 Å². The van der Waals surface area contributed by atoms with Gasteiger partial charge in [-0.15, -0.1) is 0 Å². The third-order valence-electron chi connectivity index (χ3n) is 1.85. The molecule has 1 aromatic heterocycles. The minimum absolute atomic E-state index is 0.0310. The minimum Gasteiger partial charge on any atom is -0.394 e. The molecule has 1 unspecified atom stereocenters. The molecular formula is C10H14N2O3. The van der Waals surface area contributed by atoms with E-state index in [1.165, 1.54) is 6.20 Å². The number of hydrogen-bond donors (Lipinski definition) is 3. The maximum Gasteiger partial charge on any atom is 0.252 e. The Bertz CT molecular complexity index is 341. The molecule has 1 heterocycles. The third kappa shape index (κ3) is 3.65. The lowest BCUT2D eigenvalue weighted by Gasteiger charge is -2.08. The van der Waals surface area contributed by atoms with Crippen molar-refractivity contribution in [1.29, 1.82) is 0 Å².